The number of piperazine rings is 1. The molecule has 1 aromatic carbocycles. The van der Waals surface area contributed by atoms with Gasteiger partial charge in [-0.1, -0.05) is 12.1 Å². The van der Waals surface area contributed by atoms with Crippen LogP contribution in [0.1, 0.15) is 30.1 Å². The zero-order valence-electron chi connectivity index (χ0n) is 13.2. The number of rotatable bonds is 7. The van der Waals surface area contributed by atoms with E-state index in [0.717, 1.165) is 19.4 Å². The molecule has 1 saturated heterocycles. The van der Waals surface area contributed by atoms with Crippen LogP contribution in [-0.4, -0.2) is 62.0 Å². The summed E-state index contributed by atoms with van der Waals surface area (Å²) in [5, 5.41) is 0. The van der Waals surface area contributed by atoms with E-state index in [9.17, 15) is 4.79 Å². The van der Waals surface area contributed by atoms with Crippen LogP contribution >= 0.6 is 0 Å². The van der Waals surface area contributed by atoms with E-state index in [4.69, 9.17) is 4.74 Å². The average molecular weight is 290 g/mol. The van der Waals surface area contributed by atoms with Crippen LogP contribution in [0.5, 0.6) is 5.75 Å². The number of unbranched alkanes of at least 4 members (excludes halogenated alkanes) is 1. The molecule has 1 fully saturated rings. The van der Waals surface area contributed by atoms with E-state index in [1.54, 1.807) is 6.92 Å². The Bertz CT molecular complexity index is 454. The highest BCUT2D eigenvalue weighted by Gasteiger charge is 2.12. The molecule has 21 heavy (non-hydrogen) atoms. The number of para-hydroxylation sites is 1. The third-order valence-electron chi connectivity index (χ3n) is 3.99. The lowest BCUT2D eigenvalue weighted by molar-refractivity contribution is 0.101. The molecule has 0 aromatic heterocycles. The molecule has 1 aliphatic heterocycles. The third-order valence-corrected chi connectivity index (χ3v) is 3.99. The molecule has 4 heteroatoms. The van der Waals surface area contributed by atoms with Gasteiger partial charge >= 0.3 is 0 Å². The first kappa shape index (κ1) is 16.0. The Morgan fingerprint density at radius 3 is 2.57 bits per heavy atom. The Morgan fingerprint density at radius 1 is 1.14 bits per heavy atom. The minimum atomic E-state index is 0.0584. The van der Waals surface area contributed by atoms with Crippen LogP contribution in [0.3, 0.4) is 0 Å². The highest BCUT2D eigenvalue weighted by molar-refractivity contribution is 5.96. The fraction of sp³-hybridized carbons (Fsp3) is 0.588. The van der Waals surface area contributed by atoms with Gasteiger partial charge in [0.25, 0.3) is 0 Å². The van der Waals surface area contributed by atoms with Crippen LogP contribution in [0.25, 0.3) is 0 Å². The monoisotopic (exact) mass is 290 g/mol. The second-order valence-corrected chi connectivity index (χ2v) is 5.75. The number of carbonyl (C=O) groups is 1. The molecule has 0 unspecified atom stereocenters. The number of ketones is 1. The highest BCUT2D eigenvalue weighted by Crippen LogP contribution is 2.18. The lowest BCUT2D eigenvalue weighted by Gasteiger charge is -2.32. The van der Waals surface area contributed by atoms with Crippen molar-refractivity contribution in [1.82, 2.24) is 9.80 Å². The van der Waals surface area contributed by atoms with Crippen molar-refractivity contribution in [3.63, 3.8) is 0 Å². The molecular formula is C17H26N2O2. The smallest absolute Gasteiger partial charge is 0.163 e. The number of carbonyl (C=O) groups excluding carboxylic acids is 1. The van der Waals surface area contributed by atoms with Gasteiger partial charge in [-0.3, -0.25) is 4.79 Å². The summed E-state index contributed by atoms with van der Waals surface area (Å²) in [6.45, 7) is 8.08. The fourth-order valence-corrected chi connectivity index (χ4v) is 2.57. The summed E-state index contributed by atoms with van der Waals surface area (Å²) >= 11 is 0. The standard InChI is InChI=1S/C17H26N2O2/c1-15(20)16-7-3-4-8-17(16)21-14-6-5-9-19-12-10-18(2)11-13-19/h3-4,7-8H,5-6,9-14H2,1-2H3. The molecule has 0 bridgehead atoms. The highest BCUT2D eigenvalue weighted by atomic mass is 16.5. The molecule has 0 N–H and O–H groups in total. The summed E-state index contributed by atoms with van der Waals surface area (Å²) in [6.07, 6.45) is 2.17. The number of hydrogen-bond acceptors (Lipinski definition) is 4. The van der Waals surface area contributed by atoms with Gasteiger partial charge in [0.1, 0.15) is 5.75 Å². The van der Waals surface area contributed by atoms with Crippen molar-refractivity contribution in [3.05, 3.63) is 29.8 Å². The maximum Gasteiger partial charge on any atom is 0.163 e. The van der Waals surface area contributed by atoms with Crippen LogP contribution in [-0.2, 0) is 0 Å². The van der Waals surface area contributed by atoms with Gasteiger partial charge in [-0.25, -0.2) is 0 Å². The van der Waals surface area contributed by atoms with Gasteiger partial charge in [-0.15, -0.1) is 0 Å². The second kappa shape index (κ2) is 8.15. The number of ether oxygens (including phenoxy) is 1. The first-order valence-electron chi connectivity index (χ1n) is 7.80. The van der Waals surface area contributed by atoms with E-state index >= 15 is 0 Å². The number of likely N-dealkylation sites (N-methyl/N-ethyl adjacent to an activating group) is 1. The van der Waals surface area contributed by atoms with Crippen molar-refractivity contribution in [2.45, 2.75) is 19.8 Å². The van der Waals surface area contributed by atoms with Crippen molar-refractivity contribution in [3.8, 4) is 5.75 Å². The summed E-state index contributed by atoms with van der Waals surface area (Å²) < 4.78 is 5.76. The molecule has 0 radical (unpaired) electrons. The Labute approximate surface area is 127 Å². The minimum absolute atomic E-state index is 0.0584. The van der Waals surface area contributed by atoms with E-state index in [0.29, 0.717) is 17.9 Å². The number of benzene rings is 1. The average Bonchev–Trinajstić information content (AvgIpc) is 2.49. The van der Waals surface area contributed by atoms with Crippen LogP contribution in [0.15, 0.2) is 24.3 Å². The topological polar surface area (TPSA) is 32.8 Å². The Balaban J connectivity index is 1.65. The van der Waals surface area contributed by atoms with E-state index in [-0.39, 0.29) is 5.78 Å². The molecule has 0 spiro atoms. The summed E-state index contributed by atoms with van der Waals surface area (Å²) in [5.74, 6) is 0.771. The van der Waals surface area contributed by atoms with Crippen LogP contribution < -0.4 is 4.74 Å². The molecule has 0 saturated carbocycles. The SMILES string of the molecule is CC(=O)c1ccccc1OCCCCN1CCN(C)CC1. The first-order chi connectivity index (χ1) is 10.2. The van der Waals surface area contributed by atoms with Crippen molar-refractivity contribution < 1.29 is 9.53 Å². The maximum atomic E-state index is 11.5. The Kier molecular flexibility index (Phi) is 6.21. The fourth-order valence-electron chi connectivity index (χ4n) is 2.57. The number of hydrogen-bond donors (Lipinski definition) is 0. The van der Waals surface area contributed by atoms with Gasteiger partial charge in [0.2, 0.25) is 0 Å². The predicted octanol–water partition coefficient (Wildman–Crippen LogP) is 2.30. The van der Waals surface area contributed by atoms with Crippen molar-refractivity contribution in [1.29, 1.82) is 0 Å². The quantitative estimate of drug-likeness (QED) is 0.570. The van der Waals surface area contributed by atoms with E-state index in [1.165, 1.54) is 26.2 Å². The lowest BCUT2D eigenvalue weighted by atomic mass is 10.1. The number of Topliss-reactive ketones (excluding diaryl/α,β-unsaturated/α-hetero) is 1. The van der Waals surface area contributed by atoms with Gasteiger partial charge in [0.15, 0.2) is 5.78 Å². The molecule has 0 atom stereocenters. The Morgan fingerprint density at radius 2 is 1.86 bits per heavy atom. The summed E-state index contributed by atoms with van der Waals surface area (Å²) in [6, 6.07) is 7.47. The summed E-state index contributed by atoms with van der Waals surface area (Å²) in [4.78, 5) is 16.4. The minimum Gasteiger partial charge on any atom is -0.493 e. The van der Waals surface area contributed by atoms with Crippen molar-refractivity contribution in [2.75, 3.05) is 46.4 Å². The molecule has 2 rings (SSSR count). The van der Waals surface area contributed by atoms with Crippen LogP contribution in [0, 0.1) is 0 Å². The maximum absolute atomic E-state index is 11.5. The second-order valence-electron chi connectivity index (χ2n) is 5.75. The summed E-state index contributed by atoms with van der Waals surface area (Å²) in [5.41, 5.74) is 0.677. The van der Waals surface area contributed by atoms with E-state index < -0.39 is 0 Å². The van der Waals surface area contributed by atoms with Crippen molar-refractivity contribution in [2.24, 2.45) is 0 Å². The molecule has 116 valence electrons. The molecule has 0 amide bonds. The van der Waals surface area contributed by atoms with Gasteiger partial charge in [-0.05, 0) is 45.5 Å². The molecule has 4 nitrogen and oxygen atoms in total. The van der Waals surface area contributed by atoms with Gasteiger partial charge in [0.05, 0.1) is 12.2 Å². The zero-order chi connectivity index (χ0) is 15.1. The lowest BCUT2D eigenvalue weighted by Crippen LogP contribution is -2.44. The van der Waals surface area contributed by atoms with E-state index in [2.05, 4.69) is 16.8 Å². The number of nitrogens with zero attached hydrogens (tertiary/aromatic N) is 2. The third kappa shape index (κ3) is 5.14. The normalized spacial score (nSPS) is 16.9. The van der Waals surface area contributed by atoms with Gasteiger partial charge in [0, 0.05) is 26.2 Å². The molecule has 0 aliphatic carbocycles. The molecule has 1 heterocycles. The molecular weight excluding hydrogens is 264 g/mol. The van der Waals surface area contributed by atoms with Crippen LogP contribution in [0.2, 0.25) is 0 Å². The van der Waals surface area contributed by atoms with E-state index in [1.807, 2.05) is 24.3 Å². The molecule has 1 aromatic rings. The predicted molar refractivity (Wildman–Crippen MR) is 85.1 cm³/mol. The molecule has 1 aliphatic rings. The van der Waals surface area contributed by atoms with Gasteiger partial charge in [-0.2, -0.15) is 0 Å². The zero-order valence-corrected chi connectivity index (χ0v) is 13.2. The Hall–Kier alpha value is -1.39. The first-order valence-corrected chi connectivity index (χ1v) is 7.80. The summed E-state index contributed by atoms with van der Waals surface area (Å²) in [7, 11) is 2.18. The van der Waals surface area contributed by atoms with Crippen LogP contribution in [0.4, 0.5) is 0 Å². The van der Waals surface area contributed by atoms with Gasteiger partial charge < -0.3 is 14.5 Å². The van der Waals surface area contributed by atoms with Crippen molar-refractivity contribution >= 4 is 5.78 Å². The largest absolute Gasteiger partial charge is 0.493 e.